The Balaban J connectivity index is 0.00000225. The standard InChI is InChI=1S/C10H12BrN4O8P.H3N/c11-10-13-7-4(8(18)14-10)12-2-15(7)9-6(17)5(16)3(23-9)1-22-24(19,20)21;/h2-3,5-6,9,16-17H,1H2,(H,13,14,18)(H2,19,20,21);1H3/t3-,5-,6-,9-;/m1./s1. The van der Waals surface area contributed by atoms with Gasteiger partial charge in [-0.15, -0.1) is 0 Å². The van der Waals surface area contributed by atoms with Gasteiger partial charge in [0.05, 0.1) is 12.9 Å². The summed E-state index contributed by atoms with van der Waals surface area (Å²) in [5.41, 5.74) is -0.420. The van der Waals surface area contributed by atoms with Gasteiger partial charge in [0.1, 0.15) is 18.3 Å². The molecule has 2 aromatic rings. The van der Waals surface area contributed by atoms with Gasteiger partial charge >= 0.3 is 7.82 Å². The highest BCUT2D eigenvalue weighted by Gasteiger charge is 2.45. The largest absolute Gasteiger partial charge is 0.469 e. The van der Waals surface area contributed by atoms with E-state index in [1.54, 1.807) is 0 Å². The Morgan fingerprint density at radius 3 is 2.72 bits per heavy atom. The number of phosphoric acid groups is 1. The fourth-order valence-corrected chi connectivity index (χ4v) is 3.04. The summed E-state index contributed by atoms with van der Waals surface area (Å²) >= 11 is 3.03. The van der Waals surface area contributed by atoms with Gasteiger partial charge in [0, 0.05) is 0 Å². The average molecular weight is 444 g/mol. The van der Waals surface area contributed by atoms with Crippen molar-refractivity contribution in [2.24, 2.45) is 0 Å². The number of ether oxygens (including phenoxy) is 1. The number of hydrogen-bond donors (Lipinski definition) is 6. The third-order valence-corrected chi connectivity index (χ3v) is 4.28. The lowest BCUT2D eigenvalue weighted by molar-refractivity contribution is -0.0504. The third kappa shape index (κ3) is 3.97. The molecule has 8 N–H and O–H groups in total. The van der Waals surface area contributed by atoms with Crippen molar-refractivity contribution in [3.63, 3.8) is 0 Å². The van der Waals surface area contributed by atoms with Crippen molar-refractivity contribution in [2.45, 2.75) is 24.5 Å². The number of imidazole rings is 1. The van der Waals surface area contributed by atoms with Crippen LogP contribution in [-0.4, -0.2) is 64.4 Å². The van der Waals surface area contributed by atoms with Crippen molar-refractivity contribution in [1.29, 1.82) is 0 Å². The Labute approximate surface area is 147 Å². The molecular formula is C10H15BrN5O8P. The predicted octanol–water partition coefficient (Wildman–Crippen LogP) is -1.23. The second kappa shape index (κ2) is 7.19. The van der Waals surface area contributed by atoms with Crippen molar-refractivity contribution in [1.82, 2.24) is 25.7 Å². The minimum atomic E-state index is -4.75. The number of nitrogens with one attached hydrogen (secondary N) is 1. The van der Waals surface area contributed by atoms with Crippen LogP contribution in [0.25, 0.3) is 11.2 Å². The normalized spacial score (nSPS) is 26.8. The van der Waals surface area contributed by atoms with Gasteiger partial charge in [0.25, 0.3) is 5.56 Å². The molecule has 0 saturated carbocycles. The average Bonchev–Trinajstić information content (AvgIpc) is 3.00. The van der Waals surface area contributed by atoms with Gasteiger partial charge in [-0.2, -0.15) is 0 Å². The summed E-state index contributed by atoms with van der Waals surface area (Å²) in [7, 11) is -4.75. The Kier molecular flexibility index (Phi) is 5.78. The maximum absolute atomic E-state index is 11.8. The maximum Gasteiger partial charge on any atom is 0.469 e. The molecular weight excluding hydrogens is 429 g/mol. The van der Waals surface area contributed by atoms with Crippen LogP contribution in [0.4, 0.5) is 0 Å². The quantitative estimate of drug-likeness (QED) is 0.243. The first kappa shape index (κ1) is 20.1. The van der Waals surface area contributed by atoms with Gasteiger partial charge in [-0.3, -0.25) is 18.9 Å². The molecule has 0 aromatic carbocycles. The van der Waals surface area contributed by atoms with Crippen LogP contribution < -0.4 is 11.7 Å². The number of aliphatic hydroxyl groups excluding tert-OH is 2. The van der Waals surface area contributed by atoms with E-state index in [0.717, 1.165) is 0 Å². The van der Waals surface area contributed by atoms with Gasteiger partial charge in [0.15, 0.2) is 22.1 Å². The van der Waals surface area contributed by atoms with E-state index < -0.39 is 44.5 Å². The first-order chi connectivity index (χ1) is 11.2. The van der Waals surface area contributed by atoms with Crippen LogP contribution in [-0.2, 0) is 13.8 Å². The van der Waals surface area contributed by atoms with E-state index in [-0.39, 0.29) is 22.0 Å². The fourth-order valence-electron chi connectivity index (χ4n) is 2.35. The Morgan fingerprint density at radius 2 is 2.08 bits per heavy atom. The van der Waals surface area contributed by atoms with Crippen molar-refractivity contribution < 1.29 is 33.8 Å². The number of aromatic amines is 1. The molecule has 0 aliphatic carbocycles. The van der Waals surface area contributed by atoms with E-state index in [2.05, 4.69) is 35.4 Å². The first-order valence-electron chi connectivity index (χ1n) is 6.51. The smallest absolute Gasteiger partial charge is 0.387 e. The minimum absolute atomic E-state index is 0. The number of halogens is 1. The molecule has 2 aromatic heterocycles. The van der Waals surface area contributed by atoms with E-state index in [1.807, 2.05) is 0 Å². The van der Waals surface area contributed by atoms with Crippen molar-refractivity contribution >= 4 is 34.9 Å². The summed E-state index contributed by atoms with van der Waals surface area (Å²) in [5, 5.41) is 20.1. The maximum atomic E-state index is 11.8. The molecule has 140 valence electrons. The van der Waals surface area contributed by atoms with Crippen LogP contribution >= 0.6 is 23.8 Å². The zero-order valence-corrected chi connectivity index (χ0v) is 14.9. The van der Waals surface area contributed by atoms with Crippen LogP contribution in [0.15, 0.2) is 15.9 Å². The van der Waals surface area contributed by atoms with E-state index in [1.165, 1.54) is 10.9 Å². The highest BCUT2D eigenvalue weighted by molar-refractivity contribution is 9.10. The summed E-state index contributed by atoms with van der Waals surface area (Å²) < 4.78 is 21.8. The van der Waals surface area contributed by atoms with E-state index in [9.17, 15) is 19.6 Å². The lowest BCUT2D eigenvalue weighted by Gasteiger charge is -2.16. The molecule has 1 aliphatic heterocycles. The van der Waals surface area contributed by atoms with E-state index in [0.29, 0.717) is 0 Å². The van der Waals surface area contributed by atoms with Gasteiger partial charge in [-0.1, -0.05) is 0 Å². The Hall–Kier alpha value is -1.22. The molecule has 1 fully saturated rings. The van der Waals surface area contributed by atoms with Gasteiger partial charge < -0.3 is 30.9 Å². The molecule has 0 radical (unpaired) electrons. The van der Waals surface area contributed by atoms with Crippen molar-refractivity contribution in [3.05, 3.63) is 21.4 Å². The number of rotatable bonds is 4. The number of phosphoric ester groups is 1. The highest BCUT2D eigenvalue weighted by Crippen LogP contribution is 2.38. The fraction of sp³-hybridized carbons (Fsp3) is 0.500. The Morgan fingerprint density at radius 1 is 1.40 bits per heavy atom. The highest BCUT2D eigenvalue weighted by atomic mass is 79.9. The van der Waals surface area contributed by atoms with Crippen molar-refractivity contribution in [3.8, 4) is 0 Å². The molecule has 15 heteroatoms. The molecule has 13 nitrogen and oxygen atoms in total. The van der Waals surface area contributed by atoms with Crippen LogP contribution in [0, 0.1) is 0 Å². The lowest BCUT2D eigenvalue weighted by Crippen LogP contribution is -2.33. The van der Waals surface area contributed by atoms with Crippen molar-refractivity contribution in [2.75, 3.05) is 6.61 Å². The van der Waals surface area contributed by atoms with Gasteiger partial charge in [-0.05, 0) is 15.9 Å². The Bertz CT molecular complexity index is 867. The number of aliphatic hydroxyl groups is 2. The summed E-state index contributed by atoms with van der Waals surface area (Å²) in [6.45, 7) is -0.636. The molecule has 0 amide bonds. The van der Waals surface area contributed by atoms with E-state index >= 15 is 0 Å². The molecule has 0 spiro atoms. The number of fused-ring (bicyclic) bond motifs is 1. The van der Waals surface area contributed by atoms with Crippen LogP contribution in [0.5, 0.6) is 0 Å². The number of hydrogen-bond acceptors (Lipinski definition) is 9. The second-order valence-corrected chi connectivity index (χ2v) is 7.00. The van der Waals surface area contributed by atoms with Gasteiger partial charge in [0.2, 0.25) is 0 Å². The van der Waals surface area contributed by atoms with Gasteiger partial charge in [-0.25, -0.2) is 14.5 Å². The zero-order chi connectivity index (χ0) is 17.6. The molecule has 0 bridgehead atoms. The first-order valence-corrected chi connectivity index (χ1v) is 8.84. The summed E-state index contributed by atoms with van der Waals surface area (Å²) in [6, 6.07) is 0. The molecule has 1 saturated heterocycles. The summed E-state index contributed by atoms with van der Waals surface area (Å²) in [6.07, 6.45) is -4.08. The van der Waals surface area contributed by atoms with Crippen LogP contribution in [0.2, 0.25) is 0 Å². The van der Waals surface area contributed by atoms with Crippen LogP contribution in [0.3, 0.4) is 0 Å². The number of nitrogens with zero attached hydrogens (tertiary/aromatic N) is 3. The third-order valence-electron chi connectivity index (χ3n) is 3.42. The number of aromatic nitrogens is 4. The molecule has 3 rings (SSSR count). The number of H-pyrrole nitrogens is 1. The van der Waals surface area contributed by atoms with E-state index in [4.69, 9.17) is 14.5 Å². The monoisotopic (exact) mass is 443 g/mol. The molecule has 1 aliphatic rings. The second-order valence-electron chi connectivity index (χ2n) is 5.01. The predicted molar refractivity (Wildman–Crippen MR) is 84.8 cm³/mol. The molecule has 3 heterocycles. The minimum Gasteiger partial charge on any atom is -0.387 e. The van der Waals surface area contributed by atoms with Crippen LogP contribution in [0.1, 0.15) is 6.23 Å². The molecule has 4 atom stereocenters. The zero-order valence-electron chi connectivity index (χ0n) is 12.4. The summed E-state index contributed by atoms with van der Waals surface area (Å²) in [5.74, 6) is 0. The molecule has 25 heavy (non-hydrogen) atoms. The lowest BCUT2D eigenvalue weighted by atomic mass is 10.1. The topological polar surface area (TPSA) is 215 Å². The SMILES string of the molecule is N.O=c1[nH]c(Br)nc2c1ncn2[C@@H]1O[C@H](COP(=O)(O)O)[C@@H](O)[C@H]1O. The summed E-state index contributed by atoms with van der Waals surface area (Å²) in [4.78, 5) is 39.5. The molecule has 0 unspecified atom stereocenters.